The summed E-state index contributed by atoms with van der Waals surface area (Å²) in [4.78, 5) is 2.63. The zero-order valence-corrected chi connectivity index (χ0v) is 13.4. The second-order valence-electron chi connectivity index (χ2n) is 6.18. The van der Waals surface area contributed by atoms with Crippen LogP contribution in [0, 0.1) is 11.8 Å². The number of likely N-dealkylation sites (tertiary alicyclic amines) is 1. The summed E-state index contributed by atoms with van der Waals surface area (Å²) in [6.45, 7) is 9.42. The van der Waals surface area contributed by atoms with Gasteiger partial charge in [-0.3, -0.25) is 4.90 Å². The third-order valence-electron chi connectivity index (χ3n) is 4.33. The Kier molecular flexibility index (Phi) is 8.22. The Morgan fingerprint density at radius 1 is 0.947 bits per heavy atom. The van der Waals surface area contributed by atoms with Gasteiger partial charge in [0.05, 0.1) is 5.54 Å². The molecule has 0 aliphatic carbocycles. The molecule has 1 heteroatoms. The van der Waals surface area contributed by atoms with E-state index in [0.717, 1.165) is 6.42 Å². The predicted octanol–water partition coefficient (Wildman–Crippen LogP) is 5.00. The van der Waals surface area contributed by atoms with Gasteiger partial charge in [0, 0.05) is 6.42 Å². The SMILES string of the molecule is CCCCCCC#CC(C)(CCCC)N1CCCC1. The molecule has 0 radical (unpaired) electrons. The maximum atomic E-state index is 3.63. The molecule has 0 spiro atoms. The first-order valence-electron chi connectivity index (χ1n) is 8.48. The molecule has 110 valence electrons. The van der Waals surface area contributed by atoms with Crippen molar-refractivity contribution in [2.45, 2.75) is 90.5 Å². The van der Waals surface area contributed by atoms with Crippen molar-refractivity contribution in [1.29, 1.82) is 0 Å². The van der Waals surface area contributed by atoms with Gasteiger partial charge in [0.2, 0.25) is 0 Å². The van der Waals surface area contributed by atoms with Crippen molar-refractivity contribution in [2.75, 3.05) is 13.1 Å². The third-order valence-corrected chi connectivity index (χ3v) is 4.33. The van der Waals surface area contributed by atoms with Gasteiger partial charge < -0.3 is 0 Å². The molecule has 0 aromatic rings. The largest absolute Gasteiger partial charge is 0.288 e. The van der Waals surface area contributed by atoms with Crippen LogP contribution in [0.1, 0.15) is 85.0 Å². The van der Waals surface area contributed by atoms with Crippen LogP contribution >= 0.6 is 0 Å². The number of nitrogens with zero attached hydrogens (tertiary/aromatic N) is 1. The predicted molar refractivity (Wildman–Crippen MR) is 85.3 cm³/mol. The second-order valence-corrected chi connectivity index (χ2v) is 6.18. The highest BCUT2D eigenvalue weighted by atomic mass is 15.2. The van der Waals surface area contributed by atoms with Crippen LogP contribution in [0.2, 0.25) is 0 Å². The molecular formula is C18H33N. The van der Waals surface area contributed by atoms with Crippen molar-refractivity contribution in [1.82, 2.24) is 4.90 Å². The fourth-order valence-electron chi connectivity index (χ4n) is 2.92. The molecule has 1 fully saturated rings. The van der Waals surface area contributed by atoms with Crippen molar-refractivity contribution >= 4 is 0 Å². The molecule has 0 amide bonds. The fourth-order valence-corrected chi connectivity index (χ4v) is 2.92. The summed E-state index contributed by atoms with van der Waals surface area (Å²) < 4.78 is 0. The molecule has 0 aromatic heterocycles. The molecule has 1 unspecified atom stereocenters. The minimum Gasteiger partial charge on any atom is -0.288 e. The van der Waals surface area contributed by atoms with E-state index in [9.17, 15) is 0 Å². The molecule has 1 saturated heterocycles. The maximum absolute atomic E-state index is 3.63. The van der Waals surface area contributed by atoms with Crippen LogP contribution in [-0.2, 0) is 0 Å². The van der Waals surface area contributed by atoms with Gasteiger partial charge in [0.15, 0.2) is 0 Å². The van der Waals surface area contributed by atoms with Crippen molar-refractivity contribution < 1.29 is 0 Å². The van der Waals surface area contributed by atoms with E-state index in [2.05, 4.69) is 37.5 Å². The minimum atomic E-state index is 0.150. The maximum Gasteiger partial charge on any atom is 0.0797 e. The standard InChI is InChI=1S/C18H33N/c1-4-6-8-9-10-11-15-18(3,14-7-5-2)19-16-12-13-17-19/h4-10,12-14,16-17H2,1-3H3. The zero-order valence-electron chi connectivity index (χ0n) is 13.4. The van der Waals surface area contributed by atoms with Crippen LogP contribution in [0.15, 0.2) is 0 Å². The Balaban J connectivity index is 2.46. The molecule has 0 bridgehead atoms. The molecule has 1 aliphatic rings. The van der Waals surface area contributed by atoms with E-state index in [1.54, 1.807) is 0 Å². The number of rotatable bonds is 8. The van der Waals surface area contributed by atoms with Gasteiger partial charge in [-0.2, -0.15) is 0 Å². The lowest BCUT2D eigenvalue weighted by Crippen LogP contribution is -2.43. The molecule has 0 N–H and O–H groups in total. The van der Waals surface area contributed by atoms with Gasteiger partial charge in [-0.15, -0.1) is 5.92 Å². The van der Waals surface area contributed by atoms with E-state index in [4.69, 9.17) is 0 Å². The Hall–Kier alpha value is -0.480. The number of hydrogen-bond acceptors (Lipinski definition) is 1. The van der Waals surface area contributed by atoms with E-state index in [0.29, 0.717) is 0 Å². The Morgan fingerprint density at radius 3 is 2.26 bits per heavy atom. The van der Waals surface area contributed by atoms with Crippen LogP contribution in [0.5, 0.6) is 0 Å². The van der Waals surface area contributed by atoms with Gasteiger partial charge in [-0.1, -0.05) is 51.9 Å². The average Bonchev–Trinajstić information content (AvgIpc) is 2.95. The highest BCUT2D eigenvalue weighted by Gasteiger charge is 2.31. The van der Waals surface area contributed by atoms with E-state index in [1.807, 2.05) is 0 Å². The summed E-state index contributed by atoms with van der Waals surface area (Å²) in [5, 5.41) is 0. The van der Waals surface area contributed by atoms with E-state index >= 15 is 0 Å². The van der Waals surface area contributed by atoms with Crippen LogP contribution < -0.4 is 0 Å². The monoisotopic (exact) mass is 263 g/mol. The van der Waals surface area contributed by atoms with Crippen molar-refractivity contribution in [3.8, 4) is 11.8 Å². The third kappa shape index (κ3) is 6.00. The van der Waals surface area contributed by atoms with Crippen LogP contribution in [0.25, 0.3) is 0 Å². The fraction of sp³-hybridized carbons (Fsp3) is 0.889. The van der Waals surface area contributed by atoms with E-state index in [-0.39, 0.29) is 5.54 Å². The molecule has 1 rings (SSSR count). The van der Waals surface area contributed by atoms with Gasteiger partial charge >= 0.3 is 0 Å². The molecule has 1 nitrogen and oxygen atoms in total. The lowest BCUT2D eigenvalue weighted by molar-refractivity contribution is 0.179. The first-order valence-corrected chi connectivity index (χ1v) is 8.48. The normalized spacial score (nSPS) is 18.9. The summed E-state index contributed by atoms with van der Waals surface area (Å²) in [5.74, 6) is 7.10. The molecule has 1 aliphatic heterocycles. The van der Waals surface area contributed by atoms with Crippen molar-refractivity contribution in [3.05, 3.63) is 0 Å². The molecular weight excluding hydrogens is 230 g/mol. The quantitative estimate of drug-likeness (QED) is 0.440. The lowest BCUT2D eigenvalue weighted by atomic mass is 9.93. The second kappa shape index (κ2) is 9.43. The molecule has 19 heavy (non-hydrogen) atoms. The van der Waals surface area contributed by atoms with Crippen molar-refractivity contribution in [3.63, 3.8) is 0 Å². The number of unbranched alkanes of at least 4 members (excludes halogenated alkanes) is 5. The highest BCUT2D eigenvalue weighted by Crippen LogP contribution is 2.26. The lowest BCUT2D eigenvalue weighted by Gasteiger charge is -2.34. The van der Waals surface area contributed by atoms with E-state index in [1.165, 1.54) is 70.9 Å². The van der Waals surface area contributed by atoms with E-state index < -0.39 is 0 Å². The zero-order chi connectivity index (χ0) is 14.0. The first-order chi connectivity index (χ1) is 9.23. The minimum absolute atomic E-state index is 0.150. The topological polar surface area (TPSA) is 3.24 Å². The Labute approximate surface area is 121 Å². The highest BCUT2D eigenvalue weighted by molar-refractivity contribution is 5.17. The molecule has 1 atom stereocenters. The van der Waals surface area contributed by atoms with Gasteiger partial charge in [-0.25, -0.2) is 0 Å². The van der Waals surface area contributed by atoms with Gasteiger partial charge in [-0.05, 0) is 45.7 Å². The summed E-state index contributed by atoms with van der Waals surface area (Å²) in [7, 11) is 0. The first kappa shape index (κ1) is 16.6. The number of hydrogen-bond donors (Lipinski definition) is 0. The smallest absolute Gasteiger partial charge is 0.0797 e. The molecule has 0 saturated carbocycles. The summed E-state index contributed by atoms with van der Waals surface area (Å²) in [6.07, 6.45) is 12.9. The van der Waals surface area contributed by atoms with Crippen LogP contribution in [0.3, 0.4) is 0 Å². The van der Waals surface area contributed by atoms with Crippen molar-refractivity contribution in [2.24, 2.45) is 0 Å². The van der Waals surface area contributed by atoms with Gasteiger partial charge in [0.1, 0.15) is 0 Å². The Morgan fingerprint density at radius 2 is 1.63 bits per heavy atom. The van der Waals surface area contributed by atoms with Crippen LogP contribution in [0.4, 0.5) is 0 Å². The summed E-state index contributed by atoms with van der Waals surface area (Å²) >= 11 is 0. The summed E-state index contributed by atoms with van der Waals surface area (Å²) in [6, 6.07) is 0. The summed E-state index contributed by atoms with van der Waals surface area (Å²) in [5.41, 5.74) is 0.150. The molecule has 0 aromatic carbocycles. The average molecular weight is 263 g/mol. The molecule has 1 heterocycles. The van der Waals surface area contributed by atoms with Gasteiger partial charge in [0.25, 0.3) is 0 Å². The Bertz CT molecular complexity index is 280. The van der Waals surface area contributed by atoms with Crippen LogP contribution in [-0.4, -0.2) is 23.5 Å².